The monoisotopic (exact) mass is 348 g/mol. The van der Waals surface area contributed by atoms with Crippen molar-refractivity contribution >= 4 is 37.0 Å². The van der Waals surface area contributed by atoms with Crippen LogP contribution in [-0.4, -0.2) is 30.5 Å². The number of aryl methyl sites for hydroxylation is 2. The second-order valence-corrected chi connectivity index (χ2v) is 7.83. The van der Waals surface area contributed by atoms with E-state index in [0.717, 1.165) is 11.3 Å². The first-order valence-corrected chi connectivity index (χ1v) is 9.12. The first-order valence-electron chi connectivity index (χ1n) is 6.00. The zero-order valence-corrected chi connectivity index (χ0v) is 14.0. The molecule has 0 atom stereocenters. The standard InChI is InChI=1S/C12H13ClN2O4S2/c1-4-19-12(16)10-7(2)14-11(20-10)9-5-8(6-15(9)3)21(13,17)18/h5-6H,4H2,1-3H3. The van der Waals surface area contributed by atoms with Gasteiger partial charge < -0.3 is 9.30 Å². The predicted molar refractivity (Wildman–Crippen MR) is 80.3 cm³/mol. The Hall–Kier alpha value is -1.38. The number of carbonyl (C=O) groups is 1. The third kappa shape index (κ3) is 3.28. The molecule has 2 heterocycles. The Bertz CT molecular complexity index is 792. The van der Waals surface area contributed by atoms with E-state index in [1.165, 1.54) is 12.3 Å². The summed E-state index contributed by atoms with van der Waals surface area (Å²) in [6, 6.07) is 1.43. The molecule has 6 nitrogen and oxygen atoms in total. The molecular formula is C12H13ClN2O4S2. The maximum absolute atomic E-state index is 11.8. The molecule has 0 amide bonds. The molecule has 0 radical (unpaired) electrons. The molecule has 0 fully saturated rings. The second-order valence-electron chi connectivity index (χ2n) is 4.26. The Morgan fingerprint density at radius 2 is 2.19 bits per heavy atom. The van der Waals surface area contributed by atoms with Crippen LogP contribution in [0.1, 0.15) is 22.3 Å². The summed E-state index contributed by atoms with van der Waals surface area (Å²) in [6.45, 7) is 3.71. The van der Waals surface area contributed by atoms with Crippen LogP contribution in [0.25, 0.3) is 10.7 Å². The van der Waals surface area contributed by atoms with Gasteiger partial charge in [-0.15, -0.1) is 11.3 Å². The molecule has 0 unspecified atom stereocenters. The van der Waals surface area contributed by atoms with E-state index < -0.39 is 15.0 Å². The predicted octanol–water partition coefficient (Wildman–Crippen LogP) is 2.56. The molecule has 9 heteroatoms. The first kappa shape index (κ1) is 16.0. The van der Waals surface area contributed by atoms with Crippen LogP contribution in [-0.2, 0) is 20.8 Å². The number of hydrogen-bond acceptors (Lipinski definition) is 6. The number of thiazole rings is 1. The quantitative estimate of drug-likeness (QED) is 0.626. The van der Waals surface area contributed by atoms with Crippen LogP contribution in [0.4, 0.5) is 0 Å². The molecule has 114 valence electrons. The van der Waals surface area contributed by atoms with Gasteiger partial charge in [-0.3, -0.25) is 0 Å². The van der Waals surface area contributed by atoms with E-state index in [0.29, 0.717) is 21.3 Å². The summed E-state index contributed by atoms with van der Waals surface area (Å²) in [7, 11) is 3.21. The molecule has 0 saturated heterocycles. The highest BCUT2D eigenvalue weighted by Crippen LogP contribution is 2.31. The lowest BCUT2D eigenvalue weighted by Gasteiger charge is -1.98. The fourth-order valence-electron chi connectivity index (χ4n) is 1.77. The number of rotatable bonds is 4. The Kier molecular flexibility index (Phi) is 4.40. The third-order valence-electron chi connectivity index (χ3n) is 2.74. The molecule has 0 aliphatic carbocycles. The zero-order valence-electron chi connectivity index (χ0n) is 11.6. The van der Waals surface area contributed by atoms with Crippen LogP contribution >= 0.6 is 22.0 Å². The van der Waals surface area contributed by atoms with Crippen LogP contribution in [0.5, 0.6) is 0 Å². The maximum atomic E-state index is 11.8. The van der Waals surface area contributed by atoms with Gasteiger partial charge in [-0.1, -0.05) is 0 Å². The van der Waals surface area contributed by atoms with Crippen molar-refractivity contribution < 1.29 is 17.9 Å². The van der Waals surface area contributed by atoms with E-state index in [1.54, 1.807) is 25.5 Å². The van der Waals surface area contributed by atoms with Crippen LogP contribution in [0.2, 0.25) is 0 Å². The molecule has 2 aromatic rings. The Balaban J connectivity index is 2.47. The summed E-state index contributed by atoms with van der Waals surface area (Å²) in [6.07, 6.45) is 1.40. The maximum Gasteiger partial charge on any atom is 0.350 e. The summed E-state index contributed by atoms with van der Waals surface area (Å²) in [5.74, 6) is -0.432. The number of esters is 1. The molecule has 0 spiro atoms. The summed E-state index contributed by atoms with van der Waals surface area (Å²) in [5, 5.41) is 0.532. The van der Waals surface area contributed by atoms with Gasteiger partial charge in [-0.05, 0) is 19.9 Å². The van der Waals surface area contributed by atoms with Gasteiger partial charge in [0.1, 0.15) is 14.8 Å². The molecule has 2 rings (SSSR count). The van der Waals surface area contributed by atoms with Gasteiger partial charge in [0.05, 0.1) is 18.0 Å². The van der Waals surface area contributed by atoms with Crippen LogP contribution in [0, 0.1) is 6.92 Å². The van der Waals surface area contributed by atoms with E-state index >= 15 is 0 Å². The number of halogens is 1. The molecule has 0 saturated carbocycles. The molecule has 0 aliphatic heterocycles. The summed E-state index contributed by atoms with van der Waals surface area (Å²) in [5.41, 5.74) is 1.11. The lowest BCUT2D eigenvalue weighted by atomic mass is 10.4. The van der Waals surface area contributed by atoms with E-state index in [2.05, 4.69) is 4.98 Å². The minimum atomic E-state index is -3.80. The Labute approximate surface area is 130 Å². The molecule has 0 N–H and O–H groups in total. The molecule has 0 aliphatic rings. The first-order chi connectivity index (χ1) is 9.74. The van der Waals surface area contributed by atoms with E-state index in [-0.39, 0.29) is 11.5 Å². The summed E-state index contributed by atoms with van der Waals surface area (Å²) < 4.78 is 29.3. The topological polar surface area (TPSA) is 78.3 Å². The van der Waals surface area contributed by atoms with Gasteiger partial charge in [0.2, 0.25) is 0 Å². The summed E-state index contributed by atoms with van der Waals surface area (Å²) >= 11 is 1.15. The normalized spacial score (nSPS) is 11.6. The lowest BCUT2D eigenvalue weighted by molar-refractivity contribution is 0.0531. The highest BCUT2D eigenvalue weighted by atomic mass is 35.7. The Morgan fingerprint density at radius 3 is 2.71 bits per heavy atom. The number of hydrogen-bond donors (Lipinski definition) is 0. The average molecular weight is 349 g/mol. The number of ether oxygens (including phenoxy) is 1. The van der Waals surface area contributed by atoms with Gasteiger partial charge in [0.15, 0.2) is 0 Å². The fourth-order valence-corrected chi connectivity index (χ4v) is 3.58. The largest absolute Gasteiger partial charge is 0.462 e. The van der Waals surface area contributed by atoms with Crippen molar-refractivity contribution in [2.45, 2.75) is 18.7 Å². The summed E-state index contributed by atoms with van der Waals surface area (Å²) in [4.78, 5) is 16.5. The lowest BCUT2D eigenvalue weighted by Crippen LogP contribution is -2.03. The van der Waals surface area contributed by atoms with E-state index in [1.807, 2.05) is 0 Å². The molecule has 21 heavy (non-hydrogen) atoms. The van der Waals surface area contributed by atoms with Crippen molar-refractivity contribution in [2.24, 2.45) is 7.05 Å². The minimum Gasteiger partial charge on any atom is -0.462 e. The van der Waals surface area contributed by atoms with Crippen LogP contribution in [0.3, 0.4) is 0 Å². The molecule has 0 bridgehead atoms. The van der Waals surface area contributed by atoms with Crippen molar-refractivity contribution in [1.82, 2.24) is 9.55 Å². The van der Waals surface area contributed by atoms with Crippen molar-refractivity contribution in [3.05, 3.63) is 22.8 Å². The number of aromatic nitrogens is 2. The van der Waals surface area contributed by atoms with Crippen LogP contribution < -0.4 is 0 Å². The Morgan fingerprint density at radius 1 is 1.52 bits per heavy atom. The van der Waals surface area contributed by atoms with E-state index in [4.69, 9.17) is 15.4 Å². The fraction of sp³-hybridized carbons (Fsp3) is 0.333. The molecular weight excluding hydrogens is 336 g/mol. The van der Waals surface area contributed by atoms with Crippen molar-refractivity contribution in [3.8, 4) is 10.7 Å². The zero-order chi connectivity index (χ0) is 15.8. The molecule has 2 aromatic heterocycles. The van der Waals surface area contributed by atoms with Gasteiger partial charge >= 0.3 is 5.97 Å². The van der Waals surface area contributed by atoms with Crippen molar-refractivity contribution in [2.75, 3.05) is 6.61 Å². The second kappa shape index (κ2) is 5.78. The molecule has 0 aromatic carbocycles. The van der Waals surface area contributed by atoms with Gasteiger partial charge in [0.25, 0.3) is 9.05 Å². The van der Waals surface area contributed by atoms with Gasteiger partial charge in [-0.2, -0.15) is 0 Å². The highest BCUT2D eigenvalue weighted by molar-refractivity contribution is 8.13. The van der Waals surface area contributed by atoms with Crippen molar-refractivity contribution in [3.63, 3.8) is 0 Å². The van der Waals surface area contributed by atoms with Gasteiger partial charge in [0, 0.05) is 23.9 Å². The number of nitrogens with zero attached hydrogens (tertiary/aromatic N) is 2. The van der Waals surface area contributed by atoms with Gasteiger partial charge in [-0.25, -0.2) is 18.2 Å². The average Bonchev–Trinajstić information content (AvgIpc) is 2.92. The minimum absolute atomic E-state index is 0.00722. The number of carbonyl (C=O) groups excluding carboxylic acids is 1. The third-order valence-corrected chi connectivity index (χ3v) is 5.22. The smallest absolute Gasteiger partial charge is 0.350 e. The van der Waals surface area contributed by atoms with Crippen molar-refractivity contribution in [1.29, 1.82) is 0 Å². The van der Waals surface area contributed by atoms with E-state index in [9.17, 15) is 13.2 Å². The van der Waals surface area contributed by atoms with Crippen LogP contribution in [0.15, 0.2) is 17.2 Å². The highest BCUT2D eigenvalue weighted by Gasteiger charge is 2.21. The SMILES string of the molecule is CCOC(=O)c1sc(-c2cc(S(=O)(=O)Cl)cn2C)nc1C.